The molecule has 5 heteroatoms. The fraction of sp³-hybridized carbons (Fsp3) is 0.545. The Balaban J connectivity index is 1.55. The molecule has 2 fully saturated rings. The van der Waals surface area contributed by atoms with Crippen LogP contribution in [0.5, 0.6) is 0 Å². The Hall–Kier alpha value is -2.17. The minimum atomic E-state index is -0.192. The number of hydrogen-bond acceptors (Lipinski definition) is 2. The van der Waals surface area contributed by atoms with Gasteiger partial charge in [0.25, 0.3) is 5.91 Å². The van der Waals surface area contributed by atoms with E-state index in [4.69, 9.17) is 5.10 Å². The first-order valence-corrected chi connectivity index (χ1v) is 10.0. The first-order chi connectivity index (χ1) is 12.8. The highest BCUT2D eigenvalue weighted by Crippen LogP contribution is 2.53. The van der Waals surface area contributed by atoms with Gasteiger partial charge in [-0.15, -0.1) is 0 Å². The van der Waals surface area contributed by atoms with Crippen LogP contribution in [0.15, 0.2) is 24.3 Å². The topological polar surface area (TPSA) is 38.1 Å². The van der Waals surface area contributed by atoms with Crippen molar-refractivity contribution in [3.05, 3.63) is 47.0 Å². The summed E-state index contributed by atoms with van der Waals surface area (Å²) >= 11 is 0. The van der Waals surface area contributed by atoms with E-state index in [1.54, 1.807) is 11.0 Å². The summed E-state index contributed by atoms with van der Waals surface area (Å²) in [5.74, 6) is 0.233. The van der Waals surface area contributed by atoms with E-state index in [9.17, 15) is 9.18 Å². The van der Waals surface area contributed by atoms with Gasteiger partial charge in [0, 0.05) is 29.1 Å². The van der Waals surface area contributed by atoms with Crippen LogP contribution in [-0.2, 0) is 11.0 Å². The van der Waals surface area contributed by atoms with E-state index in [1.807, 2.05) is 16.8 Å². The van der Waals surface area contributed by atoms with Crippen LogP contribution in [0.4, 0.5) is 10.1 Å². The van der Waals surface area contributed by atoms with E-state index in [0.717, 1.165) is 49.0 Å². The third-order valence-electron chi connectivity index (χ3n) is 6.42. The summed E-state index contributed by atoms with van der Waals surface area (Å²) in [7, 11) is 0. The van der Waals surface area contributed by atoms with Gasteiger partial charge in [-0.25, -0.2) is 4.39 Å². The summed E-state index contributed by atoms with van der Waals surface area (Å²) in [6.07, 6.45) is 5.33. The van der Waals surface area contributed by atoms with E-state index < -0.39 is 0 Å². The highest BCUT2D eigenvalue weighted by molar-refractivity contribution is 6.06. The van der Waals surface area contributed by atoms with Crippen molar-refractivity contribution < 1.29 is 9.18 Å². The highest BCUT2D eigenvalue weighted by atomic mass is 19.1. The lowest BCUT2D eigenvalue weighted by Gasteiger charge is -2.38. The van der Waals surface area contributed by atoms with Crippen LogP contribution in [-0.4, -0.2) is 22.2 Å². The van der Waals surface area contributed by atoms with E-state index in [2.05, 4.69) is 20.8 Å². The number of fused-ring (bicyclic) bond motifs is 2. The van der Waals surface area contributed by atoms with E-state index in [1.165, 1.54) is 6.07 Å². The molecule has 1 amide bonds. The molecule has 2 aromatic rings. The lowest BCUT2D eigenvalue weighted by atomic mass is 9.65. The molecule has 0 N–H and O–H groups in total. The zero-order valence-corrected chi connectivity index (χ0v) is 16.3. The largest absolute Gasteiger partial charge is 0.306 e. The molecule has 0 unspecified atom stereocenters. The van der Waals surface area contributed by atoms with Gasteiger partial charge in [0.05, 0.1) is 11.2 Å². The van der Waals surface area contributed by atoms with Crippen molar-refractivity contribution in [1.82, 2.24) is 9.78 Å². The molecule has 27 heavy (non-hydrogen) atoms. The number of aromatic nitrogens is 2. The van der Waals surface area contributed by atoms with Crippen molar-refractivity contribution in [2.75, 3.05) is 11.4 Å². The number of hydrogen-bond donors (Lipinski definition) is 0. The predicted molar refractivity (Wildman–Crippen MR) is 103 cm³/mol. The molecule has 1 aromatic carbocycles. The number of halogens is 1. The molecular weight excluding hydrogens is 341 g/mol. The molecule has 0 saturated heterocycles. The molecular formula is C22H26FN3O. The number of amides is 1. The summed E-state index contributed by atoms with van der Waals surface area (Å²) in [4.78, 5) is 15.2. The fourth-order valence-electron chi connectivity index (χ4n) is 4.77. The molecule has 1 aromatic heterocycles. The van der Waals surface area contributed by atoms with Gasteiger partial charge < -0.3 is 4.90 Å². The van der Waals surface area contributed by atoms with Crippen molar-refractivity contribution >= 4 is 11.6 Å². The molecule has 2 aliphatic carbocycles. The van der Waals surface area contributed by atoms with Gasteiger partial charge in [0.2, 0.25) is 0 Å². The Kier molecular flexibility index (Phi) is 3.41. The predicted octanol–water partition coefficient (Wildman–Crippen LogP) is 4.74. The maximum absolute atomic E-state index is 14.6. The van der Waals surface area contributed by atoms with Gasteiger partial charge in [-0.2, -0.15) is 5.10 Å². The monoisotopic (exact) mass is 367 g/mol. The number of carbonyl (C=O) groups is 1. The third kappa shape index (κ3) is 2.47. The van der Waals surface area contributed by atoms with Crippen molar-refractivity contribution in [3.8, 4) is 0 Å². The maximum Gasteiger partial charge on any atom is 0.278 e. The first-order valence-electron chi connectivity index (χ1n) is 10.0. The Labute approximate surface area is 159 Å². The number of carbonyl (C=O) groups excluding carboxylic acids is 1. The Morgan fingerprint density at radius 2 is 2.00 bits per heavy atom. The van der Waals surface area contributed by atoms with Gasteiger partial charge in [-0.05, 0) is 64.7 Å². The summed E-state index contributed by atoms with van der Waals surface area (Å²) < 4.78 is 16.6. The fourth-order valence-corrected chi connectivity index (χ4v) is 4.77. The Morgan fingerprint density at radius 3 is 2.59 bits per heavy atom. The van der Waals surface area contributed by atoms with Crippen molar-refractivity contribution in [2.24, 2.45) is 0 Å². The zero-order valence-electron chi connectivity index (χ0n) is 16.3. The van der Waals surface area contributed by atoms with Crippen LogP contribution in [0, 0.1) is 5.82 Å². The number of nitrogens with zero attached hydrogens (tertiary/aromatic N) is 3. The standard InChI is InChI=1S/C22H26FN3O/c1-21(2,3)26-18(14-8-9-14)12-16(24-26)20(27)25-13-22(10-5-11-22)19-15(23)6-4-7-17(19)25/h4,6-7,12,14H,5,8-11,13H2,1-3H3. The number of rotatable bonds is 2. The first kappa shape index (κ1) is 17.0. The Morgan fingerprint density at radius 1 is 1.26 bits per heavy atom. The molecule has 5 rings (SSSR count). The molecule has 1 spiro atoms. The minimum absolute atomic E-state index is 0.101. The van der Waals surface area contributed by atoms with Crippen molar-refractivity contribution in [3.63, 3.8) is 0 Å². The third-order valence-corrected chi connectivity index (χ3v) is 6.42. The van der Waals surface area contributed by atoms with Crippen LogP contribution >= 0.6 is 0 Å². The van der Waals surface area contributed by atoms with Crippen LogP contribution in [0.25, 0.3) is 0 Å². The van der Waals surface area contributed by atoms with E-state index in [0.29, 0.717) is 18.2 Å². The maximum atomic E-state index is 14.6. The average molecular weight is 367 g/mol. The van der Waals surface area contributed by atoms with E-state index in [-0.39, 0.29) is 22.7 Å². The van der Waals surface area contributed by atoms with Gasteiger partial charge in [-0.1, -0.05) is 12.5 Å². The second-order valence-electron chi connectivity index (χ2n) is 9.47. The lowest BCUT2D eigenvalue weighted by Crippen LogP contribution is -2.42. The van der Waals surface area contributed by atoms with Crippen LogP contribution in [0.3, 0.4) is 0 Å². The second-order valence-corrected chi connectivity index (χ2v) is 9.47. The molecule has 3 aliphatic rings. The average Bonchev–Trinajstić information content (AvgIpc) is 3.19. The molecule has 0 atom stereocenters. The van der Waals surface area contributed by atoms with Crippen LogP contribution in [0.1, 0.15) is 80.5 Å². The van der Waals surface area contributed by atoms with Crippen molar-refractivity contribution in [2.45, 2.75) is 69.7 Å². The molecule has 0 radical (unpaired) electrons. The summed E-state index contributed by atoms with van der Waals surface area (Å²) in [5.41, 5.74) is 2.75. The van der Waals surface area contributed by atoms with Crippen LogP contribution in [0.2, 0.25) is 0 Å². The number of benzene rings is 1. The Bertz CT molecular complexity index is 932. The molecule has 4 nitrogen and oxygen atoms in total. The van der Waals surface area contributed by atoms with Gasteiger partial charge in [0.1, 0.15) is 5.82 Å². The number of anilines is 1. The van der Waals surface area contributed by atoms with Gasteiger partial charge >= 0.3 is 0 Å². The van der Waals surface area contributed by atoms with Crippen molar-refractivity contribution in [1.29, 1.82) is 0 Å². The normalized spacial score (nSPS) is 20.7. The quantitative estimate of drug-likeness (QED) is 0.769. The lowest BCUT2D eigenvalue weighted by molar-refractivity contribution is 0.0972. The minimum Gasteiger partial charge on any atom is -0.306 e. The molecule has 142 valence electrons. The smallest absolute Gasteiger partial charge is 0.278 e. The van der Waals surface area contributed by atoms with E-state index >= 15 is 0 Å². The van der Waals surface area contributed by atoms with Gasteiger partial charge in [-0.3, -0.25) is 9.48 Å². The molecule has 1 aliphatic heterocycles. The summed E-state index contributed by atoms with van der Waals surface area (Å²) in [6.45, 7) is 6.92. The summed E-state index contributed by atoms with van der Waals surface area (Å²) in [5, 5.41) is 4.71. The highest BCUT2D eigenvalue weighted by Gasteiger charge is 2.50. The van der Waals surface area contributed by atoms with Gasteiger partial charge in [0.15, 0.2) is 5.69 Å². The second kappa shape index (κ2) is 5.43. The summed E-state index contributed by atoms with van der Waals surface area (Å²) in [6, 6.07) is 7.07. The molecule has 2 heterocycles. The zero-order chi connectivity index (χ0) is 19.0. The van der Waals surface area contributed by atoms with Crippen LogP contribution < -0.4 is 4.90 Å². The SMILES string of the molecule is CC(C)(C)n1nc(C(=O)N2CC3(CCC3)c3c(F)cccc32)cc1C1CC1. The molecule has 2 saturated carbocycles. The molecule has 0 bridgehead atoms.